The summed E-state index contributed by atoms with van der Waals surface area (Å²) < 4.78 is 14.1. The Morgan fingerprint density at radius 2 is 2.17 bits per heavy atom. The highest BCUT2D eigenvalue weighted by molar-refractivity contribution is 9.11. The van der Waals surface area contributed by atoms with Crippen LogP contribution < -0.4 is 5.32 Å². The third kappa shape index (κ3) is 2.89. The summed E-state index contributed by atoms with van der Waals surface area (Å²) in [6.45, 7) is 2.00. The van der Waals surface area contributed by atoms with Gasteiger partial charge in [-0.1, -0.05) is 0 Å². The van der Waals surface area contributed by atoms with Crippen molar-refractivity contribution in [1.82, 2.24) is 0 Å². The maximum absolute atomic E-state index is 13.0. The maximum atomic E-state index is 13.0. The van der Waals surface area contributed by atoms with E-state index >= 15 is 0 Å². The van der Waals surface area contributed by atoms with Crippen molar-refractivity contribution in [2.24, 2.45) is 0 Å². The van der Waals surface area contributed by atoms with Gasteiger partial charge in [0.2, 0.25) is 0 Å². The zero-order valence-electron chi connectivity index (χ0n) is 9.58. The molecule has 92 valence electrons. The summed E-state index contributed by atoms with van der Waals surface area (Å²) in [6, 6.07) is 10.2. The van der Waals surface area contributed by atoms with Crippen LogP contribution >= 0.6 is 27.3 Å². The average molecular weight is 325 g/mol. The quantitative estimate of drug-likeness (QED) is 0.888. The molecule has 18 heavy (non-hydrogen) atoms. The van der Waals surface area contributed by atoms with E-state index in [9.17, 15) is 4.39 Å². The van der Waals surface area contributed by atoms with Crippen LogP contribution in [-0.4, -0.2) is 0 Å². The molecule has 2 rings (SSSR count). The first-order valence-electron chi connectivity index (χ1n) is 5.31. The van der Waals surface area contributed by atoms with Crippen molar-refractivity contribution in [2.75, 3.05) is 5.32 Å². The summed E-state index contributed by atoms with van der Waals surface area (Å²) >= 11 is 5.04. The van der Waals surface area contributed by atoms with Crippen LogP contribution in [0.3, 0.4) is 0 Å². The zero-order valence-corrected chi connectivity index (χ0v) is 12.0. The van der Waals surface area contributed by atoms with Gasteiger partial charge in [-0.25, -0.2) is 4.39 Å². The molecule has 2 nitrogen and oxygen atoms in total. The molecule has 1 heterocycles. The van der Waals surface area contributed by atoms with Gasteiger partial charge in [-0.2, -0.15) is 5.26 Å². The number of nitrogens with one attached hydrogen (secondary N) is 1. The van der Waals surface area contributed by atoms with E-state index in [1.54, 1.807) is 17.4 Å². The molecular formula is C13H10BrFN2S. The lowest BCUT2D eigenvalue weighted by atomic mass is 10.1. The third-order valence-corrected chi connectivity index (χ3v) is 4.30. The van der Waals surface area contributed by atoms with E-state index < -0.39 is 5.82 Å². The molecule has 0 fully saturated rings. The molecule has 1 aromatic carbocycles. The molecule has 0 bridgehead atoms. The van der Waals surface area contributed by atoms with Gasteiger partial charge in [0, 0.05) is 4.88 Å². The van der Waals surface area contributed by atoms with Crippen LogP contribution in [0.2, 0.25) is 0 Å². The minimum absolute atomic E-state index is 0.0684. The van der Waals surface area contributed by atoms with Gasteiger partial charge in [0.05, 0.1) is 21.1 Å². The van der Waals surface area contributed by atoms with Crippen molar-refractivity contribution in [1.29, 1.82) is 5.26 Å². The van der Waals surface area contributed by atoms with Crippen molar-refractivity contribution < 1.29 is 4.39 Å². The normalized spacial score (nSPS) is 11.9. The van der Waals surface area contributed by atoms with E-state index in [-0.39, 0.29) is 6.04 Å². The number of thiophene rings is 1. The van der Waals surface area contributed by atoms with E-state index in [0.29, 0.717) is 11.3 Å². The predicted molar refractivity (Wildman–Crippen MR) is 75.2 cm³/mol. The molecule has 1 atom stereocenters. The molecule has 0 saturated heterocycles. The molecule has 0 aliphatic rings. The van der Waals surface area contributed by atoms with E-state index in [0.717, 1.165) is 8.66 Å². The Labute approximate surface area is 117 Å². The van der Waals surface area contributed by atoms with Gasteiger partial charge in [0.25, 0.3) is 0 Å². The standard InChI is InChI=1S/C13H10BrFN2S/c1-8(12-4-5-13(14)18-12)17-11-3-2-10(15)6-9(11)7-16/h2-6,8,17H,1H3. The van der Waals surface area contributed by atoms with Gasteiger partial charge in [0.1, 0.15) is 11.9 Å². The van der Waals surface area contributed by atoms with Crippen LogP contribution in [0.15, 0.2) is 34.1 Å². The van der Waals surface area contributed by atoms with Crippen LogP contribution in [0.1, 0.15) is 23.4 Å². The molecule has 0 spiro atoms. The minimum atomic E-state index is -0.399. The smallest absolute Gasteiger partial charge is 0.124 e. The van der Waals surface area contributed by atoms with Crippen molar-refractivity contribution >= 4 is 33.0 Å². The molecule has 0 radical (unpaired) electrons. The Hall–Kier alpha value is -1.38. The number of halogens is 2. The number of hydrogen-bond donors (Lipinski definition) is 1. The topological polar surface area (TPSA) is 35.8 Å². The molecule has 0 aliphatic carbocycles. The summed E-state index contributed by atoms with van der Waals surface area (Å²) in [6.07, 6.45) is 0. The molecule has 1 aromatic heterocycles. The first-order valence-corrected chi connectivity index (χ1v) is 6.92. The van der Waals surface area contributed by atoms with Gasteiger partial charge >= 0.3 is 0 Å². The van der Waals surface area contributed by atoms with Crippen molar-refractivity contribution in [2.45, 2.75) is 13.0 Å². The fourth-order valence-electron chi connectivity index (χ4n) is 1.60. The summed E-state index contributed by atoms with van der Waals surface area (Å²) in [5, 5.41) is 12.2. The fourth-order valence-corrected chi connectivity index (χ4v) is 3.03. The van der Waals surface area contributed by atoms with Crippen LogP contribution in [0.25, 0.3) is 0 Å². The van der Waals surface area contributed by atoms with Gasteiger partial charge in [-0.05, 0) is 53.2 Å². The zero-order chi connectivity index (χ0) is 13.1. The number of rotatable bonds is 3. The van der Waals surface area contributed by atoms with Crippen LogP contribution in [0, 0.1) is 17.1 Å². The molecule has 0 saturated carbocycles. The highest BCUT2D eigenvalue weighted by Crippen LogP contribution is 2.30. The van der Waals surface area contributed by atoms with Gasteiger partial charge in [0.15, 0.2) is 0 Å². The van der Waals surface area contributed by atoms with Crippen molar-refractivity contribution in [3.05, 3.63) is 50.4 Å². The van der Waals surface area contributed by atoms with Gasteiger partial charge < -0.3 is 5.32 Å². The molecule has 0 aliphatic heterocycles. The van der Waals surface area contributed by atoms with Crippen LogP contribution in [0.4, 0.5) is 10.1 Å². The second-order valence-electron chi connectivity index (χ2n) is 3.81. The summed E-state index contributed by atoms with van der Waals surface area (Å²) in [5.74, 6) is -0.399. The van der Waals surface area contributed by atoms with Crippen LogP contribution in [-0.2, 0) is 0 Å². The number of anilines is 1. The van der Waals surface area contributed by atoms with E-state index in [2.05, 4.69) is 21.2 Å². The Kier molecular flexibility index (Phi) is 4.00. The lowest BCUT2D eigenvalue weighted by Gasteiger charge is -2.14. The lowest BCUT2D eigenvalue weighted by Crippen LogP contribution is -2.06. The maximum Gasteiger partial charge on any atom is 0.124 e. The monoisotopic (exact) mass is 324 g/mol. The van der Waals surface area contributed by atoms with Crippen LogP contribution in [0.5, 0.6) is 0 Å². The van der Waals surface area contributed by atoms with E-state index in [1.165, 1.54) is 12.1 Å². The minimum Gasteiger partial charge on any atom is -0.377 e. The second-order valence-corrected chi connectivity index (χ2v) is 6.30. The van der Waals surface area contributed by atoms with E-state index in [1.807, 2.05) is 25.1 Å². The average Bonchev–Trinajstić information content (AvgIpc) is 2.78. The number of nitrogens with zero attached hydrogens (tertiary/aromatic N) is 1. The summed E-state index contributed by atoms with van der Waals surface area (Å²) in [7, 11) is 0. The Morgan fingerprint density at radius 1 is 1.39 bits per heavy atom. The highest BCUT2D eigenvalue weighted by atomic mass is 79.9. The largest absolute Gasteiger partial charge is 0.377 e. The SMILES string of the molecule is CC(Nc1ccc(F)cc1C#N)c1ccc(Br)s1. The Balaban J connectivity index is 2.22. The molecule has 5 heteroatoms. The van der Waals surface area contributed by atoms with Crippen molar-refractivity contribution in [3.63, 3.8) is 0 Å². The fraction of sp³-hybridized carbons (Fsp3) is 0.154. The number of benzene rings is 1. The second kappa shape index (κ2) is 5.51. The third-order valence-electron chi connectivity index (χ3n) is 2.49. The number of hydrogen-bond acceptors (Lipinski definition) is 3. The van der Waals surface area contributed by atoms with E-state index in [4.69, 9.17) is 5.26 Å². The predicted octanol–water partition coefficient (Wildman–Crippen LogP) is 4.69. The Morgan fingerprint density at radius 3 is 2.78 bits per heavy atom. The highest BCUT2D eigenvalue weighted by Gasteiger charge is 2.10. The first-order chi connectivity index (χ1) is 8.60. The molecule has 2 aromatic rings. The molecule has 1 N–H and O–H groups in total. The molecule has 1 unspecified atom stereocenters. The summed E-state index contributed by atoms with van der Waals surface area (Å²) in [5.41, 5.74) is 0.966. The lowest BCUT2D eigenvalue weighted by molar-refractivity contribution is 0.627. The molecular weight excluding hydrogens is 315 g/mol. The number of nitriles is 1. The Bertz CT molecular complexity index is 603. The summed E-state index contributed by atoms with van der Waals surface area (Å²) in [4.78, 5) is 1.15. The van der Waals surface area contributed by atoms with Gasteiger partial charge in [-0.15, -0.1) is 11.3 Å². The van der Waals surface area contributed by atoms with Gasteiger partial charge in [-0.3, -0.25) is 0 Å². The first kappa shape index (κ1) is 13.1. The molecule has 0 amide bonds. The van der Waals surface area contributed by atoms with Crippen molar-refractivity contribution in [3.8, 4) is 6.07 Å².